The summed E-state index contributed by atoms with van der Waals surface area (Å²) in [6.45, 7) is 3.02. The third-order valence-electron chi connectivity index (χ3n) is 6.57. The Hall–Kier alpha value is -3.95. The van der Waals surface area contributed by atoms with Gasteiger partial charge in [-0.2, -0.15) is 0 Å². The molecule has 0 atom stereocenters. The molecule has 15 nitrogen and oxygen atoms in total. The van der Waals surface area contributed by atoms with Gasteiger partial charge in [-0.25, -0.2) is 10.1 Å². The van der Waals surface area contributed by atoms with Crippen molar-refractivity contribution in [2.24, 2.45) is 5.73 Å². The molecule has 15 heteroatoms. The Bertz CT molecular complexity index is 1020. The van der Waals surface area contributed by atoms with E-state index in [-0.39, 0.29) is 49.9 Å². The summed E-state index contributed by atoms with van der Waals surface area (Å²) >= 11 is 0. The molecular weight excluding hydrogens is 552 g/mol. The quantitative estimate of drug-likeness (QED) is 0.0472. The van der Waals surface area contributed by atoms with Crippen molar-refractivity contribution in [1.29, 1.82) is 0 Å². The first-order valence-electron chi connectivity index (χ1n) is 13.8. The third-order valence-corrected chi connectivity index (χ3v) is 6.57. The van der Waals surface area contributed by atoms with Crippen LogP contribution in [0.1, 0.15) is 75.6 Å². The van der Waals surface area contributed by atoms with Gasteiger partial charge in [-0.05, 0) is 50.7 Å². The van der Waals surface area contributed by atoms with Crippen molar-refractivity contribution < 1.29 is 44.6 Å². The van der Waals surface area contributed by atoms with Crippen LogP contribution in [0.2, 0.25) is 0 Å². The van der Waals surface area contributed by atoms with Crippen molar-refractivity contribution >= 4 is 29.5 Å². The molecule has 0 radical (unpaired) electrons. The van der Waals surface area contributed by atoms with E-state index in [1.807, 2.05) is 0 Å². The molecule has 0 fully saturated rings. The molecule has 5 amide bonds. The summed E-state index contributed by atoms with van der Waals surface area (Å²) in [5, 5.41) is 47.3. The van der Waals surface area contributed by atoms with Crippen LogP contribution in [0.5, 0.6) is 11.5 Å². The average molecular weight is 597 g/mol. The highest BCUT2D eigenvalue weighted by Gasteiger charge is 2.24. The number of carbonyl (C=O) groups is 5. The normalized spacial score (nSPS) is 11.0. The number of rotatable bonds is 19. The maximum atomic E-state index is 12.4. The second-order valence-corrected chi connectivity index (χ2v) is 10.1. The van der Waals surface area contributed by atoms with Crippen LogP contribution in [0.4, 0.5) is 0 Å². The lowest BCUT2D eigenvalue weighted by Crippen LogP contribution is -2.42. The predicted octanol–water partition coefficient (Wildman–Crippen LogP) is 0.354. The highest BCUT2D eigenvalue weighted by Crippen LogP contribution is 2.28. The minimum absolute atomic E-state index is 0.0549. The van der Waals surface area contributed by atoms with E-state index >= 15 is 0 Å². The van der Waals surface area contributed by atoms with Crippen molar-refractivity contribution in [3.63, 3.8) is 0 Å². The van der Waals surface area contributed by atoms with Crippen molar-refractivity contribution in [1.82, 2.24) is 26.1 Å². The van der Waals surface area contributed by atoms with Gasteiger partial charge in [0.15, 0.2) is 11.5 Å². The van der Waals surface area contributed by atoms with E-state index in [0.29, 0.717) is 61.7 Å². The number of aromatic hydroxyl groups is 2. The van der Waals surface area contributed by atoms with E-state index in [1.54, 1.807) is 0 Å². The Morgan fingerprint density at radius 2 is 1.19 bits per heavy atom. The minimum atomic E-state index is -0.694. The van der Waals surface area contributed by atoms with E-state index in [4.69, 9.17) is 5.73 Å². The number of phenols is 2. The Balaban J connectivity index is 2.58. The van der Waals surface area contributed by atoms with Gasteiger partial charge in [0.05, 0.1) is 18.7 Å². The number of para-hydroxylation sites is 1. The van der Waals surface area contributed by atoms with Crippen LogP contribution in [0.15, 0.2) is 18.2 Å². The molecule has 0 aliphatic heterocycles. The fourth-order valence-corrected chi connectivity index (χ4v) is 4.07. The number of hydrogen-bond acceptors (Lipinski definition) is 10. The molecule has 1 rings (SSSR count). The number of benzene rings is 1. The lowest BCUT2D eigenvalue weighted by atomic mass is 9.84. The van der Waals surface area contributed by atoms with Crippen LogP contribution < -0.4 is 21.7 Å². The van der Waals surface area contributed by atoms with E-state index < -0.39 is 34.8 Å². The van der Waals surface area contributed by atoms with E-state index in [1.165, 1.54) is 32.0 Å². The molecule has 0 aromatic heterocycles. The van der Waals surface area contributed by atoms with Gasteiger partial charge in [-0.3, -0.25) is 34.4 Å². The molecule has 0 bridgehead atoms. The zero-order valence-electron chi connectivity index (χ0n) is 24.2. The monoisotopic (exact) mass is 596 g/mol. The van der Waals surface area contributed by atoms with Crippen molar-refractivity contribution in [2.45, 2.75) is 70.8 Å². The Labute approximate surface area is 244 Å². The molecule has 42 heavy (non-hydrogen) atoms. The van der Waals surface area contributed by atoms with Crippen molar-refractivity contribution in [2.75, 3.05) is 32.7 Å². The molecule has 0 heterocycles. The number of amides is 5. The molecule has 0 aliphatic carbocycles. The number of phenolic OH excluding ortho intramolecular Hbond substituents is 2. The highest BCUT2D eigenvalue weighted by molar-refractivity contribution is 5.97. The van der Waals surface area contributed by atoms with Gasteiger partial charge >= 0.3 is 0 Å². The summed E-state index contributed by atoms with van der Waals surface area (Å²) in [7, 11) is 0. The molecule has 236 valence electrons. The fourth-order valence-electron chi connectivity index (χ4n) is 4.07. The first kappa shape index (κ1) is 36.1. The van der Waals surface area contributed by atoms with Gasteiger partial charge < -0.3 is 31.9 Å². The molecule has 9 N–H and O–H groups in total. The summed E-state index contributed by atoms with van der Waals surface area (Å²) in [6.07, 6.45) is 2.97. The van der Waals surface area contributed by atoms with Crippen LogP contribution in [-0.2, 0) is 19.2 Å². The molecule has 0 saturated heterocycles. The first-order valence-corrected chi connectivity index (χ1v) is 13.8. The number of hydroxylamine groups is 4. The predicted molar refractivity (Wildman–Crippen MR) is 150 cm³/mol. The van der Waals surface area contributed by atoms with Gasteiger partial charge in [0, 0.05) is 51.9 Å². The van der Waals surface area contributed by atoms with E-state index in [2.05, 4.69) is 16.0 Å². The lowest BCUT2D eigenvalue weighted by Gasteiger charge is -2.30. The van der Waals surface area contributed by atoms with Crippen LogP contribution >= 0.6 is 0 Å². The molecule has 0 unspecified atom stereocenters. The van der Waals surface area contributed by atoms with Crippen molar-refractivity contribution in [3.05, 3.63) is 23.8 Å². The number of carbonyl (C=O) groups excluding carboxylic acids is 5. The number of nitrogens with one attached hydrogen (secondary N) is 3. The summed E-state index contributed by atoms with van der Waals surface area (Å²) < 4.78 is 0. The lowest BCUT2D eigenvalue weighted by molar-refractivity contribution is -0.163. The van der Waals surface area contributed by atoms with Gasteiger partial charge in [0.25, 0.3) is 5.91 Å². The molecular formula is C27H44N6O9. The van der Waals surface area contributed by atoms with Gasteiger partial charge in [-0.15, -0.1) is 0 Å². The average Bonchev–Trinajstić information content (AvgIpc) is 2.94. The maximum Gasteiger partial charge on any atom is 0.255 e. The SMILES string of the molecule is CC(=O)N(O)CCC(=O)NCCCC(N)(CCCNC(=O)CCN(O)C(C)=O)CCCNC(=O)c1cccc(O)c1O. The van der Waals surface area contributed by atoms with Crippen molar-refractivity contribution in [3.8, 4) is 11.5 Å². The van der Waals surface area contributed by atoms with Gasteiger partial charge in [0.2, 0.25) is 23.6 Å². The summed E-state index contributed by atoms with van der Waals surface area (Å²) in [6, 6.07) is 4.09. The highest BCUT2D eigenvalue weighted by atomic mass is 16.5. The van der Waals surface area contributed by atoms with E-state index in [9.17, 15) is 44.6 Å². The van der Waals surface area contributed by atoms with Crippen LogP contribution in [0, 0.1) is 0 Å². The van der Waals surface area contributed by atoms with Gasteiger partial charge in [0.1, 0.15) is 0 Å². The molecule has 1 aromatic carbocycles. The third kappa shape index (κ3) is 14.1. The number of nitrogens with two attached hydrogens (primary N) is 1. The standard InChI is InChI=1S/C27H44N6O9/c1-19(34)32(41)17-9-23(37)29-14-4-11-27(28,12-5-15-30-24(38)10-18-33(42)20(2)35)13-6-16-31-26(40)21-7-3-8-22(36)25(21)39/h3,7-8,36,39,41-42H,4-6,9-18,28H2,1-2H3,(H,29,37)(H,30,38)(H,31,40). The molecule has 1 aromatic rings. The second-order valence-electron chi connectivity index (χ2n) is 10.1. The number of nitrogens with zero attached hydrogens (tertiary/aromatic N) is 2. The molecule has 0 spiro atoms. The van der Waals surface area contributed by atoms with Gasteiger partial charge in [-0.1, -0.05) is 6.07 Å². The second kappa shape index (κ2) is 18.5. The Kier molecular flexibility index (Phi) is 15.9. The number of hydrogen-bond donors (Lipinski definition) is 8. The van der Waals surface area contributed by atoms with E-state index in [0.717, 1.165) is 0 Å². The fraction of sp³-hybridized carbons (Fsp3) is 0.593. The zero-order valence-corrected chi connectivity index (χ0v) is 24.2. The Morgan fingerprint density at radius 3 is 1.62 bits per heavy atom. The maximum absolute atomic E-state index is 12.4. The smallest absolute Gasteiger partial charge is 0.255 e. The summed E-state index contributed by atoms with van der Waals surface area (Å²) in [4.78, 5) is 58.5. The summed E-state index contributed by atoms with van der Waals surface area (Å²) in [5.41, 5.74) is 5.95. The van der Waals surface area contributed by atoms with Crippen LogP contribution in [0.25, 0.3) is 0 Å². The Morgan fingerprint density at radius 1 is 0.762 bits per heavy atom. The molecule has 0 saturated carbocycles. The zero-order chi connectivity index (χ0) is 31.7. The minimum Gasteiger partial charge on any atom is -0.504 e. The topological polar surface area (TPSA) is 235 Å². The summed E-state index contributed by atoms with van der Waals surface area (Å²) in [5.74, 6) is -3.24. The largest absolute Gasteiger partial charge is 0.504 e. The molecule has 0 aliphatic rings. The van der Waals surface area contributed by atoms with Crippen LogP contribution in [0.3, 0.4) is 0 Å². The van der Waals surface area contributed by atoms with Crippen LogP contribution in [-0.4, -0.2) is 98.6 Å². The first-order chi connectivity index (χ1) is 19.8.